The number of carbonyl (C=O) groups is 1. The summed E-state index contributed by atoms with van der Waals surface area (Å²) in [4.78, 5) is 20.6. The minimum absolute atomic E-state index is 0.0393. The molecule has 1 aromatic rings. The summed E-state index contributed by atoms with van der Waals surface area (Å²) in [6, 6.07) is 6.24. The van der Waals surface area contributed by atoms with Crippen molar-refractivity contribution in [3.63, 3.8) is 0 Å². The lowest BCUT2D eigenvalue weighted by atomic mass is 10.1. The molecular weight excluding hydrogens is 214 g/mol. The van der Waals surface area contributed by atoms with Crippen LogP contribution in [-0.4, -0.2) is 52.9 Å². The summed E-state index contributed by atoms with van der Waals surface area (Å²) in [6.07, 6.45) is 1.66. The maximum Gasteiger partial charge on any atom is 0.272 e. The molecule has 2 rings (SSSR count). The number of likely N-dealkylation sites (N-methyl/N-ethyl adjacent to an activating group) is 1. The molecule has 92 valence electrons. The SMILES string of the molecule is CC1CN(C(=O)c2ccccn2)CC(C)N1C. The molecule has 1 fully saturated rings. The van der Waals surface area contributed by atoms with Crippen molar-refractivity contribution in [2.24, 2.45) is 0 Å². The summed E-state index contributed by atoms with van der Waals surface area (Å²) in [6.45, 7) is 5.84. The highest BCUT2D eigenvalue weighted by Gasteiger charge is 2.29. The molecule has 2 heterocycles. The number of hydrogen-bond donors (Lipinski definition) is 0. The van der Waals surface area contributed by atoms with Crippen LogP contribution >= 0.6 is 0 Å². The van der Waals surface area contributed by atoms with Gasteiger partial charge < -0.3 is 4.90 Å². The number of piperazine rings is 1. The van der Waals surface area contributed by atoms with Gasteiger partial charge in [-0.1, -0.05) is 6.07 Å². The van der Waals surface area contributed by atoms with Crippen LogP contribution in [0.1, 0.15) is 24.3 Å². The molecule has 0 aliphatic carbocycles. The molecule has 1 aromatic heterocycles. The van der Waals surface area contributed by atoms with Crippen molar-refractivity contribution in [2.75, 3.05) is 20.1 Å². The third-order valence-corrected chi connectivity index (χ3v) is 3.53. The van der Waals surface area contributed by atoms with Gasteiger partial charge in [-0.05, 0) is 33.0 Å². The highest BCUT2D eigenvalue weighted by Crippen LogP contribution is 2.15. The first kappa shape index (κ1) is 12.0. The minimum Gasteiger partial charge on any atom is -0.334 e. The van der Waals surface area contributed by atoms with Crippen LogP contribution in [0.2, 0.25) is 0 Å². The molecule has 1 aliphatic rings. The second kappa shape index (κ2) is 4.84. The predicted octanol–water partition coefficient (Wildman–Crippen LogP) is 1.25. The smallest absolute Gasteiger partial charge is 0.272 e. The Kier molecular flexibility index (Phi) is 3.43. The first-order chi connectivity index (χ1) is 8.09. The van der Waals surface area contributed by atoms with Crippen LogP contribution in [0, 0.1) is 0 Å². The van der Waals surface area contributed by atoms with Gasteiger partial charge in [0.1, 0.15) is 5.69 Å². The van der Waals surface area contributed by atoms with Crippen molar-refractivity contribution in [3.05, 3.63) is 30.1 Å². The molecule has 2 unspecified atom stereocenters. The Labute approximate surface area is 102 Å². The quantitative estimate of drug-likeness (QED) is 0.732. The molecule has 0 radical (unpaired) electrons. The second-order valence-corrected chi connectivity index (χ2v) is 4.79. The molecule has 1 aliphatic heterocycles. The predicted molar refractivity (Wildman–Crippen MR) is 66.8 cm³/mol. The first-order valence-corrected chi connectivity index (χ1v) is 6.02. The number of nitrogens with zero attached hydrogens (tertiary/aromatic N) is 3. The lowest BCUT2D eigenvalue weighted by Crippen LogP contribution is -2.56. The van der Waals surface area contributed by atoms with Crippen molar-refractivity contribution < 1.29 is 4.79 Å². The van der Waals surface area contributed by atoms with E-state index in [9.17, 15) is 4.79 Å². The fourth-order valence-corrected chi connectivity index (χ4v) is 2.22. The van der Waals surface area contributed by atoms with Crippen LogP contribution in [-0.2, 0) is 0 Å². The van der Waals surface area contributed by atoms with E-state index < -0.39 is 0 Å². The number of rotatable bonds is 1. The van der Waals surface area contributed by atoms with Gasteiger partial charge in [0, 0.05) is 31.4 Å². The first-order valence-electron chi connectivity index (χ1n) is 6.02. The van der Waals surface area contributed by atoms with E-state index in [4.69, 9.17) is 0 Å². The van der Waals surface area contributed by atoms with E-state index in [0.717, 1.165) is 13.1 Å². The van der Waals surface area contributed by atoms with Crippen LogP contribution in [0.25, 0.3) is 0 Å². The number of carbonyl (C=O) groups excluding carboxylic acids is 1. The van der Waals surface area contributed by atoms with Gasteiger partial charge in [-0.25, -0.2) is 0 Å². The van der Waals surface area contributed by atoms with Crippen molar-refractivity contribution >= 4 is 5.91 Å². The van der Waals surface area contributed by atoms with Gasteiger partial charge in [0.25, 0.3) is 5.91 Å². The molecule has 4 heteroatoms. The Morgan fingerprint density at radius 2 is 1.94 bits per heavy atom. The zero-order valence-electron chi connectivity index (χ0n) is 10.6. The van der Waals surface area contributed by atoms with Crippen LogP contribution in [0.3, 0.4) is 0 Å². The third-order valence-electron chi connectivity index (χ3n) is 3.53. The summed E-state index contributed by atoms with van der Waals surface area (Å²) < 4.78 is 0. The molecule has 0 N–H and O–H groups in total. The molecule has 2 atom stereocenters. The number of amides is 1. The van der Waals surface area contributed by atoms with E-state index in [1.165, 1.54) is 0 Å². The van der Waals surface area contributed by atoms with E-state index in [1.807, 2.05) is 17.0 Å². The van der Waals surface area contributed by atoms with E-state index in [2.05, 4.69) is 30.8 Å². The summed E-state index contributed by atoms with van der Waals surface area (Å²) in [7, 11) is 2.11. The maximum atomic E-state index is 12.2. The summed E-state index contributed by atoms with van der Waals surface area (Å²) in [5.74, 6) is 0.0393. The lowest BCUT2D eigenvalue weighted by molar-refractivity contribution is 0.0409. The van der Waals surface area contributed by atoms with Crippen molar-refractivity contribution in [1.29, 1.82) is 0 Å². The summed E-state index contributed by atoms with van der Waals surface area (Å²) in [5.41, 5.74) is 0.538. The average molecular weight is 233 g/mol. The Morgan fingerprint density at radius 1 is 1.29 bits per heavy atom. The topological polar surface area (TPSA) is 36.4 Å². The van der Waals surface area contributed by atoms with E-state index in [-0.39, 0.29) is 5.91 Å². The highest BCUT2D eigenvalue weighted by molar-refractivity contribution is 5.92. The lowest BCUT2D eigenvalue weighted by Gasteiger charge is -2.42. The van der Waals surface area contributed by atoms with Crippen LogP contribution < -0.4 is 0 Å². The monoisotopic (exact) mass is 233 g/mol. The highest BCUT2D eigenvalue weighted by atomic mass is 16.2. The number of aromatic nitrogens is 1. The summed E-state index contributed by atoms with van der Waals surface area (Å²) >= 11 is 0. The molecule has 0 aromatic carbocycles. The van der Waals surface area contributed by atoms with Gasteiger partial charge in [-0.3, -0.25) is 14.7 Å². The van der Waals surface area contributed by atoms with Crippen LogP contribution in [0.4, 0.5) is 0 Å². The zero-order chi connectivity index (χ0) is 12.4. The molecule has 1 amide bonds. The van der Waals surface area contributed by atoms with Crippen molar-refractivity contribution in [1.82, 2.24) is 14.8 Å². The summed E-state index contributed by atoms with van der Waals surface area (Å²) in [5, 5.41) is 0. The standard InChI is InChI=1S/C13H19N3O/c1-10-8-16(9-11(2)15(10)3)13(17)12-6-4-5-7-14-12/h4-7,10-11H,8-9H2,1-3H3. The average Bonchev–Trinajstić information content (AvgIpc) is 2.35. The van der Waals surface area contributed by atoms with Gasteiger partial charge in [0.2, 0.25) is 0 Å². The van der Waals surface area contributed by atoms with Crippen molar-refractivity contribution in [2.45, 2.75) is 25.9 Å². The normalized spacial score (nSPS) is 25.9. The van der Waals surface area contributed by atoms with Gasteiger partial charge in [0.15, 0.2) is 0 Å². The maximum absolute atomic E-state index is 12.2. The Balaban J connectivity index is 2.11. The Bertz CT molecular complexity index is 381. The van der Waals surface area contributed by atoms with Crippen molar-refractivity contribution in [3.8, 4) is 0 Å². The molecule has 0 bridgehead atoms. The van der Waals surface area contributed by atoms with Gasteiger partial charge >= 0.3 is 0 Å². The van der Waals surface area contributed by atoms with Gasteiger partial charge in [-0.15, -0.1) is 0 Å². The molecule has 17 heavy (non-hydrogen) atoms. The molecule has 4 nitrogen and oxygen atoms in total. The second-order valence-electron chi connectivity index (χ2n) is 4.79. The van der Waals surface area contributed by atoms with E-state index >= 15 is 0 Å². The number of hydrogen-bond acceptors (Lipinski definition) is 3. The zero-order valence-corrected chi connectivity index (χ0v) is 10.6. The van der Waals surface area contributed by atoms with Crippen LogP contribution in [0.5, 0.6) is 0 Å². The number of pyridine rings is 1. The molecule has 0 spiro atoms. The Hall–Kier alpha value is -1.42. The van der Waals surface area contributed by atoms with Gasteiger partial charge in [-0.2, -0.15) is 0 Å². The minimum atomic E-state index is 0.0393. The Morgan fingerprint density at radius 3 is 2.47 bits per heavy atom. The molecular formula is C13H19N3O. The fraction of sp³-hybridized carbons (Fsp3) is 0.538. The third kappa shape index (κ3) is 2.47. The fourth-order valence-electron chi connectivity index (χ4n) is 2.22. The van der Waals surface area contributed by atoms with Crippen LogP contribution in [0.15, 0.2) is 24.4 Å². The van der Waals surface area contributed by atoms with E-state index in [1.54, 1.807) is 12.3 Å². The molecule has 1 saturated heterocycles. The largest absolute Gasteiger partial charge is 0.334 e. The van der Waals surface area contributed by atoms with E-state index in [0.29, 0.717) is 17.8 Å². The molecule has 0 saturated carbocycles. The van der Waals surface area contributed by atoms with Gasteiger partial charge in [0.05, 0.1) is 0 Å².